The van der Waals surface area contributed by atoms with Crippen LogP contribution < -0.4 is 4.90 Å². The maximum absolute atomic E-state index is 15.0. The van der Waals surface area contributed by atoms with Gasteiger partial charge in [-0.05, 0) is 60.7 Å². The van der Waals surface area contributed by atoms with Crippen LogP contribution in [0.15, 0.2) is 48.7 Å². The highest BCUT2D eigenvalue weighted by molar-refractivity contribution is 5.81. The van der Waals surface area contributed by atoms with Crippen molar-refractivity contribution in [3.63, 3.8) is 0 Å². The highest BCUT2D eigenvalue weighted by Gasteiger charge is 2.31. The molecule has 2 aromatic heterocycles. The van der Waals surface area contributed by atoms with E-state index in [1.165, 1.54) is 30.5 Å². The number of hydrogen-bond acceptors (Lipinski definition) is 4. The Morgan fingerprint density at radius 2 is 1.76 bits per heavy atom. The fraction of sp³-hybridized carbons (Fsp3) is 0.269. The number of benzene rings is 2. The highest BCUT2D eigenvalue weighted by atomic mass is 19.4. The van der Waals surface area contributed by atoms with Gasteiger partial charge in [-0.2, -0.15) is 13.2 Å². The fourth-order valence-corrected chi connectivity index (χ4v) is 4.62. The number of rotatable bonds is 5. The molecule has 0 atom stereocenters. The number of pyridine rings is 1. The zero-order valence-electron chi connectivity index (χ0n) is 19.3. The van der Waals surface area contributed by atoms with Crippen LogP contribution in [0.5, 0.6) is 0 Å². The molecule has 4 aromatic rings. The number of piperidine rings is 1. The van der Waals surface area contributed by atoms with E-state index in [-0.39, 0.29) is 40.6 Å². The van der Waals surface area contributed by atoms with Gasteiger partial charge in [-0.15, -0.1) is 0 Å². The largest absolute Gasteiger partial charge is 0.481 e. The van der Waals surface area contributed by atoms with Crippen LogP contribution in [0.3, 0.4) is 0 Å². The molecule has 1 saturated heterocycles. The number of H-pyrrole nitrogens is 1. The third kappa shape index (κ3) is 5.11. The summed E-state index contributed by atoms with van der Waals surface area (Å²) >= 11 is 0. The molecule has 0 radical (unpaired) electrons. The molecule has 0 bridgehead atoms. The van der Waals surface area contributed by atoms with Gasteiger partial charge >= 0.3 is 12.1 Å². The van der Waals surface area contributed by atoms with Crippen molar-refractivity contribution in [3.05, 3.63) is 65.9 Å². The third-order valence-electron chi connectivity index (χ3n) is 6.57. The summed E-state index contributed by atoms with van der Waals surface area (Å²) in [6.07, 6.45) is -1.73. The molecule has 2 N–H and O–H groups in total. The first-order valence-electron chi connectivity index (χ1n) is 11.6. The molecule has 1 fully saturated rings. The Morgan fingerprint density at radius 1 is 1.03 bits per heavy atom. The fourth-order valence-electron chi connectivity index (χ4n) is 4.62. The van der Waals surface area contributed by atoms with Crippen molar-refractivity contribution in [1.29, 1.82) is 0 Å². The Morgan fingerprint density at radius 3 is 2.41 bits per heavy atom. The molecule has 37 heavy (non-hydrogen) atoms. The van der Waals surface area contributed by atoms with E-state index in [0.29, 0.717) is 37.1 Å². The van der Waals surface area contributed by atoms with Crippen LogP contribution in [0, 0.1) is 17.6 Å². The first kappa shape index (κ1) is 24.7. The van der Waals surface area contributed by atoms with Crippen LogP contribution in [0.2, 0.25) is 0 Å². The van der Waals surface area contributed by atoms with Gasteiger partial charge in [0.15, 0.2) is 11.6 Å². The molecule has 6 nitrogen and oxygen atoms in total. The molecular formula is C26H21F5N4O2. The Balaban J connectivity index is 1.35. The maximum atomic E-state index is 15.0. The van der Waals surface area contributed by atoms with Gasteiger partial charge in [-0.25, -0.2) is 18.7 Å². The minimum atomic E-state index is -4.51. The number of carboxylic acids is 1. The van der Waals surface area contributed by atoms with E-state index in [9.17, 15) is 22.4 Å². The number of aromatic nitrogens is 3. The number of halogens is 5. The van der Waals surface area contributed by atoms with Crippen molar-refractivity contribution >= 4 is 22.8 Å². The number of aliphatic carboxylic acids is 1. The minimum Gasteiger partial charge on any atom is -0.481 e. The molecule has 5 rings (SSSR count). The quantitative estimate of drug-likeness (QED) is 0.305. The summed E-state index contributed by atoms with van der Waals surface area (Å²) in [4.78, 5) is 23.8. The summed E-state index contributed by atoms with van der Waals surface area (Å²) in [6.45, 7) is 0.985. The van der Waals surface area contributed by atoms with Gasteiger partial charge in [0.05, 0.1) is 22.2 Å². The molecule has 192 valence electrons. The number of nitrogens with one attached hydrogen (secondary N) is 1. The van der Waals surface area contributed by atoms with E-state index in [1.807, 2.05) is 0 Å². The molecule has 0 aliphatic carbocycles. The molecule has 1 aliphatic rings. The van der Waals surface area contributed by atoms with E-state index < -0.39 is 29.3 Å². The molecule has 2 aromatic carbocycles. The molecule has 11 heteroatoms. The predicted molar refractivity (Wildman–Crippen MR) is 127 cm³/mol. The summed E-state index contributed by atoms with van der Waals surface area (Å²) in [5, 5.41) is 8.95. The van der Waals surface area contributed by atoms with E-state index in [4.69, 9.17) is 5.11 Å². The van der Waals surface area contributed by atoms with Crippen LogP contribution in [0.1, 0.15) is 24.8 Å². The SMILES string of the molecule is O=C(O)CC1CCN(c2ncc(-c3ccc(-c4nc5ccc(C(F)(F)F)cc5[nH]4)c(F)c3)cc2F)CC1. The lowest BCUT2D eigenvalue weighted by Crippen LogP contribution is -2.35. The standard InChI is InChI=1S/C26H21F5N4O2/c27-19-10-15(1-3-18(19)24-33-21-4-2-17(26(29,30)31)12-22(21)34-24)16-11-20(28)25(32-13-16)35-7-5-14(6-8-35)9-23(36)37/h1-4,10-14H,5-9H2,(H,33,34)(H,36,37). The Kier molecular flexibility index (Phi) is 6.30. The van der Waals surface area contributed by atoms with Gasteiger partial charge in [0, 0.05) is 31.3 Å². The molecule has 0 spiro atoms. The van der Waals surface area contributed by atoms with Crippen molar-refractivity contribution < 1.29 is 31.9 Å². The van der Waals surface area contributed by atoms with Crippen molar-refractivity contribution in [2.24, 2.45) is 5.92 Å². The number of hydrogen-bond donors (Lipinski definition) is 2. The van der Waals surface area contributed by atoms with E-state index in [1.54, 1.807) is 11.0 Å². The van der Waals surface area contributed by atoms with E-state index >= 15 is 4.39 Å². The average molecular weight is 516 g/mol. The van der Waals surface area contributed by atoms with Crippen molar-refractivity contribution in [2.45, 2.75) is 25.4 Å². The number of aromatic amines is 1. The van der Waals surface area contributed by atoms with Crippen molar-refractivity contribution in [1.82, 2.24) is 15.0 Å². The summed E-state index contributed by atoms with van der Waals surface area (Å²) in [6, 6.07) is 8.48. The lowest BCUT2D eigenvalue weighted by Gasteiger charge is -2.32. The Labute approximate surface area is 207 Å². The topological polar surface area (TPSA) is 82.1 Å². The first-order valence-corrected chi connectivity index (χ1v) is 11.6. The van der Waals surface area contributed by atoms with Crippen LogP contribution >= 0.6 is 0 Å². The van der Waals surface area contributed by atoms with Gasteiger partial charge in [-0.3, -0.25) is 4.79 Å². The van der Waals surface area contributed by atoms with Crippen LogP contribution in [0.25, 0.3) is 33.5 Å². The summed E-state index contributed by atoms with van der Waals surface area (Å²) < 4.78 is 68.9. The summed E-state index contributed by atoms with van der Waals surface area (Å²) in [5.74, 6) is -1.81. The second-order valence-corrected chi connectivity index (χ2v) is 9.07. The van der Waals surface area contributed by atoms with Crippen molar-refractivity contribution in [2.75, 3.05) is 18.0 Å². The average Bonchev–Trinajstić information content (AvgIpc) is 3.27. The lowest BCUT2D eigenvalue weighted by atomic mass is 9.93. The number of anilines is 1. The lowest BCUT2D eigenvalue weighted by molar-refractivity contribution is -0.138. The van der Waals surface area contributed by atoms with Gasteiger partial charge in [0.1, 0.15) is 11.6 Å². The molecule has 3 heterocycles. The molecule has 0 saturated carbocycles. The molecule has 0 amide bonds. The summed E-state index contributed by atoms with van der Waals surface area (Å²) in [5.41, 5.74) is 0.334. The Bertz CT molecular complexity index is 1480. The predicted octanol–water partition coefficient (Wildman–Crippen LogP) is 6.28. The normalized spacial score (nSPS) is 14.9. The van der Waals surface area contributed by atoms with Crippen LogP contribution in [-0.2, 0) is 11.0 Å². The number of alkyl halides is 3. The second-order valence-electron chi connectivity index (χ2n) is 9.07. The molecule has 1 aliphatic heterocycles. The zero-order chi connectivity index (χ0) is 26.3. The van der Waals surface area contributed by atoms with Crippen molar-refractivity contribution in [3.8, 4) is 22.5 Å². The summed E-state index contributed by atoms with van der Waals surface area (Å²) in [7, 11) is 0. The van der Waals surface area contributed by atoms with Gasteiger partial charge in [0.25, 0.3) is 0 Å². The number of carboxylic acid groups (broad SMARTS) is 1. The monoisotopic (exact) mass is 516 g/mol. The molecular weight excluding hydrogens is 495 g/mol. The smallest absolute Gasteiger partial charge is 0.416 e. The van der Waals surface area contributed by atoms with Gasteiger partial charge in [-0.1, -0.05) is 6.07 Å². The zero-order valence-corrected chi connectivity index (χ0v) is 19.3. The van der Waals surface area contributed by atoms with Crippen LogP contribution in [-0.4, -0.2) is 39.1 Å². The van der Waals surface area contributed by atoms with E-state index in [2.05, 4.69) is 15.0 Å². The number of imidazole rings is 1. The number of fused-ring (bicyclic) bond motifs is 1. The van der Waals surface area contributed by atoms with E-state index in [0.717, 1.165) is 12.1 Å². The Hall–Kier alpha value is -4.02. The van der Waals surface area contributed by atoms with Crippen LogP contribution in [0.4, 0.5) is 27.8 Å². The first-order chi connectivity index (χ1) is 17.6. The second kappa shape index (κ2) is 9.45. The molecule has 0 unspecified atom stereocenters. The minimum absolute atomic E-state index is 0.0519. The van der Waals surface area contributed by atoms with Gasteiger partial charge < -0.3 is 15.0 Å². The maximum Gasteiger partial charge on any atom is 0.416 e. The number of carbonyl (C=O) groups is 1. The third-order valence-corrected chi connectivity index (χ3v) is 6.57. The van der Waals surface area contributed by atoms with Gasteiger partial charge in [0.2, 0.25) is 0 Å². The highest BCUT2D eigenvalue weighted by Crippen LogP contribution is 2.33. The number of nitrogens with zero attached hydrogens (tertiary/aromatic N) is 3.